The highest BCUT2D eigenvalue weighted by Gasteiger charge is 2.18. The van der Waals surface area contributed by atoms with E-state index in [-0.39, 0.29) is 14.9 Å². The summed E-state index contributed by atoms with van der Waals surface area (Å²) in [6.45, 7) is 0. The number of hydrogen-bond acceptors (Lipinski definition) is 5. The number of rotatable bonds is 3. The van der Waals surface area contributed by atoms with E-state index in [1.165, 1.54) is 29.6 Å². The normalized spacial score (nSPS) is 10.9. The lowest BCUT2D eigenvalue weighted by Gasteiger charge is -2.08. The van der Waals surface area contributed by atoms with Crippen LogP contribution in [0, 0.1) is 11.3 Å². The van der Waals surface area contributed by atoms with E-state index in [9.17, 15) is 8.42 Å². The van der Waals surface area contributed by atoms with Gasteiger partial charge >= 0.3 is 0 Å². The van der Waals surface area contributed by atoms with Crippen molar-refractivity contribution in [3.05, 3.63) is 40.2 Å². The highest BCUT2D eigenvalue weighted by molar-refractivity contribution is 7.94. The lowest BCUT2D eigenvalue weighted by Crippen LogP contribution is -2.12. The summed E-state index contributed by atoms with van der Waals surface area (Å²) in [6.07, 6.45) is 0. The van der Waals surface area contributed by atoms with Gasteiger partial charge < -0.3 is 5.73 Å². The van der Waals surface area contributed by atoms with E-state index in [1.54, 1.807) is 0 Å². The third-order valence-electron chi connectivity index (χ3n) is 2.20. The molecule has 19 heavy (non-hydrogen) atoms. The summed E-state index contributed by atoms with van der Waals surface area (Å²) in [5, 5.41) is 10.5. The van der Waals surface area contributed by atoms with Crippen molar-refractivity contribution in [1.29, 1.82) is 5.26 Å². The van der Waals surface area contributed by atoms with Gasteiger partial charge in [0.1, 0.15) is 4.21 Å². The molecular weight excluding hydrogens is 306 g/mol. The Morgan fingerprint density at radius 3 is 2.68 bits per heavy atom. The van der Waals surface area contributed by atoms with Crippen molar-refractivity contribution in [2.75, 3.05) is 10.5 Å². The summed E-state index contributed by atoms with van der Waals surface area (Å²) in [4.78, 5) is 0. The van der Waals surface area contributed by atoms with Crippen LogP contribution in [0.2, 0.25) is 5.02 Å². The average molecular weight is 314 g/mol. The number of nitrogens with one attached hydrogen (secondary N) is 1. The Morgan fingerprint density at radius 2 is 2.11 bits per heavy atom. The number of sulfonamides is 1. The summed E-state index contributed by atoms with van der Waals surface area (Å²) in [7, 11) is -3.75. The molecule has 98 valence electrons. The van der Waals surface area contributed by atoms with Crippen LogP contribution in [0.25, 0.3) is 0 Å². The fourth-order valence-electron chi connectivity index (χ4n) is 1.34. The van der Waals surface area contributed by atoms with Crippen LogP contribution in [-0.4, -0.2) is 8.42 Å². The lowest BCUT2D eigenvalue weighted by atomic mass is 10.2. The van der Waals surface area contributed by atoms with Crippen LogP contribution in [-0.2, 0) is 10.0 Å². The van der Waals surface area contributed by atoms with Crippen LogP contribution < -0.4 is 10.5 Å². The first-order chi connectivity index (χ1) is 8.92. The minimum atomic E-state index is -3.75. The maximum absolute atomic E-state index is 12.1. The van der Waals surface area contributed by atoms with Crippen LogP contribution >= 0.6 is 22.9 Å². The number of halogens is 1. The van der Waals surface area contributed by atoms with Crippen LogP contribution in [0.15, 0.2) is 33.9 Å². The van der Waals surface area contributed by atoms with Crippen LogP contribution in [0.3, 0.4) is 0 Å². The molecule has 2 aromatic rings. The van der Waals surface area contributed by atoms with E-state index in [4.69, 9.17) is 22.6 Å². The summed E-state index contributed by atoms with van der Waals surface area (Å²) in [5.41, 5.74) is 6.34. The summed E-state index contributed by atoms with van der Waals surface area (Å²) >= 11 is 6.90. The van der Waals surface area contributed by atoms with Gasteiger partial charge in [-0.25, -0.2) is 8.42 Å². The van der Waals surface area contributed by atoms with Crippen molar-refractivity contribution in [3.8, 4) is 6.07 Å². The molecule has 0 saturated heterocycles. The smallest absolute Gasteiger partial charge is 0.271 e. The molecule has 0 unspecified atom stereocenters. The molecule has 8 heteroatoms. The van der Waals surface area contributed by atoms with E-state index in [2.05, 4.69) is 4.72 Å². The lowest BCUT2D eigenvalue weighted by molar-refractivity contribution is 0.603. The van der Waals surface area contributed by atoms with Gasteiger partial charge in [0.05, 0.1) is 22.3 Å². The Bertz CT molecular complexity index is 762. The van der Waals surface area contributed by atoms with E-state index in [1.807, 2.05) is 6.07 Å². The fourth-order valence-corrected chi connectivity index (χ4v) is 3.71. The Balaban J connectivity index is 2.38. The van der Waals surface area contributed by atoms with Gasteiger partial charge in [-0.2, -0.15) is 5.26 Å². The minimum absolute atomic E-state index is 0.0865. The molecule has 0 saturated carbocycles. The molecule has 1 aromatic carbocycles. The molecule has 0 bridgehead atoms. The predicted molar refractivity (Wildman–Crippen MR) is 75.7 cm³/mol. The van der Waals surface area contributed by atoms with Crippen molar-refractivity contribution in [3.63, 3.8) is 0 Å². The standard InChI is InChI=1S/C11H8ClN3O2S2/c12-9-2-1-7(5-13)3-10(9)15-19(16,17)11-4-8(14)6-18-11/h1-4,6,15H,14H2. The summed E-state index contributed by atoms with van der Waals surface area (Å²) < 4.78 is 26.6. The predicted octanol–water partition coefficient (Wildman–Crippen LogP) is 2.66. The first-order valence-electron chi connectivity index (χ1n) is 4.99. The Kier molecular flexibility index (Phi) is 3.66. The minimum Gasteiger partial charge on any atom is -0.398 e. The van der Waals surface area contributed by atoms with Crippen molar-refractivity contribution in [2.24, 2.45) is 0 Å². The monoisotopic (exact) mass is 313 g/mol. The molecule has 5 nitrogen and oxygen atoms in total. The molecule has 0 spiro atoms. The van der Waals surface area contributed by atoms with Gasteiger partial charge in [0.25, 0.3) is 10.0 Å². The van der Waals surface area contributed by atoms with Gasteiger partial charge in [-0.3, -0.25) is 4.72 Å². The zero-order chi connectivity index (χ0) is 14.0. The zero-order valence-corrected chi connectivity index (χ0v) is 11.8. The molecule has 0 radical (unpaired) electrons. The van der Waals surface area contributed by atoms with Crippen molar-refractivity contribution < 1.29 is 8.42 Å². The number of anilines is 2. The van der Waals surface area contributed by atoms with E-state index in [0.29, 0.717) is 11.3 Å². The number of nitrogens with zero attached hydrogens (tertiary/aromatic N) is 1. The number of nitrogens with two attached hydrogens (primary N) is 1. The van der Waals surface area contributed by atoms with Crippen LogP contribution in [0.4, 0.5) is 11.4 Å². The third-order valence-corrected chi connectivity index (χ3v) is 5.35. The van der Waals surface area contributed by atoms with Gasteiger partial charge in [0.2, 0.25) is 0 Å². The van der Waals surface area contributed by atoms with E-state index < -0.39 is 10.0 Å². The molecule has 0 aliphatic rings. The summed E-state index contributed by atoms with van der Waals surface area (Å²) in [5.74, 6) is 0. The van der Waals surface area contributed by atoms with Crippen molar-refractivity contribution in [2.45, 2.75) is 4.21 Å². The Morgan fingerprint density at radius 1 is 1.37 bits per heavy atom. The fraction of sp³-hybridized carbons (Fsp3) is 0. The van der Waals surface area contributed by atoms with E-state index >= 15 is 0 Å². The number of nitrogen functional groups attached to an aromatic ring is 1. The first-order valence-corrected chi connectivity index (χ1v) is 7.73. The maximum Gasteiger partial charge on any atom is 0.271 e. The highest BCUT2D eigenvalue weighted by Crippen LogP contribution is 2.28. The third kappa shape index (κ3) is 2.98. The molecule has 1 heterocycles. The van der Waals surface area contributed by atoms with Gasteiger partial charge in [0.15, 0.2) is 0 Å². The quantitative estimate of drug-likeness (QED) is 0.910. The van der Waals surface area contributed by atoms with Gasteiger partial charge in [0, 0.05) is 11.1 Å². The number of nitriles is 1. The van der Waals surface area contributed by atoms with E-state index in [0.717, 1.165) is 11.3 Å². The molecule has 0 amide bonds. The second kappa shape index (κ2) is 5.09. The van der Waals surface area contributed by atoms with Crippen LogP contribution in [0.5, 0.6) is 0 Å². The molecular formula is C11H8ClN3O2S2. The maximum atomic E-state index is 12.1. The molecule has 0 aliphatic heterocycles. The Hall–Kier alpha value is -1.75. The van der Waals surface area contributed by atoms with Crippen LogP contribution in [0.1, 0.15) is 5.56 Å². The summed E-state index contributed by atoms with van der Waals surface area (Å²) in [6, 6.07) is 7.60. The largest absolute Gasteiger partial charge is 0.398 e. The number of benzene rings is 1. The van der Waals surface area contributed by atoms with Crippen molar-refractivity contribution >= 4 is 44.3 Å². The zero-order valence-electron chi connectivity index (χ0n) is 9.42. The van der Waals surface area contributed by atoms with Gasteiger partial charge in [-0.15, -0.1) is 11.3 Å². The Labute approximate surface area is 119 Å². The number of hydrogen-bond donors (Lipinski definition) is 2. The molecule has 0 fully saturated rings. The van der Waals surface area contributed by atoms with Crippen molar-refractivity contribution in [1.82, 2.24) is 0 Å². The molecule has 0 atom stereocenters. The molecule has 1 aromatic heterocycles. The molecule has 2 rings (SSSR count). The topological polar surface area (TPSA) is 96.0 Å². The first kappa shape index (κ1) is 13.7. The van der Waals surface area contributed by atoms with Gasteiger partial charge in [-0.05, 0) is 24.3 Å². The molecule has 3 N–H and O–H groups in total. The SMILES string of the molecule is N#Cc1ccc(Cl)c(NS(=O)(=O)c2cc(N)cs2)c1. The second-order valence-electron chi connectivity index (χ2n) is 3.61. The average Bonchev–Trinajstić information content (AvgIpc) is 2.79. The number of thiophene rings is 1. The molecule has 0 aliphatic carbocycles. The second-order valence-corrected chi connectivity index (χ2v) is 6.84. The van der Waals surface area contributed by atoms with Gasteiger partial charge in [-0.1, -0.05) is 11.6 Å². The highest BCUT2D eigenvalue weighted by atomic mass is 35.5.